The molecule has 2 aromatic carbocycles. The second kappa shape index (κ2) is 11.8. The number of rotatable bonds is 12. The minimum Gasteiger partial charge on any atom is -0.393 e. The summed E-state index contributed by atoms with van der Waals surface area (Å²) in [6.45, 7) is 7.92. The first-order valence-corrected chi connectivity index (χ1v) is 13.1. The topological polar surface area (TPSA) is 74.6 Å². The highest BCUT2D eigenvalue weighted by molar-refractivity contribution is 7.91. The minimum atomic E-state index is -3.74. The Bertz CT molecular complexity index is 878. The third-order valence-electron chi connectivity index (χ3n) is 6.20. The van der Waals surface area contributed by atoms with Crippen LogP contribution in [0.1, 0.15) is 75.6 Å². The van der Waals surface area contributed by atoms with Crippen molar-refractivity contribution in [1.29, 1.82) is 0 Å². The van der Waals surface area contributed by atoms with Gasteiger partial charge in [0.05, 0.1) is 22.0 Å². The first-order chi connectivity index (χ1) is 14.8. The summed E-state index contributed by atoms with van der Waals surface area (Å²) >= 11 is 0. The van der Waals surface area contributed by atoms with E-state index in [1.54, 1.807) is 12.1 Å². The standard InChI is InChI=1S/C26H38O4S/c1-5-19-11-9-13-25(23(19)17-15-21(27)7-3)31(29,30)26-14-10-12-20(6-2)24(26)18-16-22(28)8-4/h9-14,21-22,27-28H,5-8,15-18H2,1-4H3. The summed E-state index contributed by atoms with van der Waals surface area (Å²) in [5, 5.41) is 20.2. The lowest BCUT2D eigenvalue weighted by Gasteiger charge is -2.19. The fraction of sp³-hybridized carbons (Fsp3) is 0.538. The van der Waals surface area contributed by atoms with Crippen LogP contribution in [0.3, 0.4) is 0 Å². The maximum absolute atomic E-state index is 13.9. The molecule has 0 spiro atoms. The zero-order valence-electron chi connectivity index (χ0n) is 19.4. The van der Waals surface area contributed by atoms with E-state index in [1.165, 1.54) is 0 Å². The summed E-state index contributed by atoms with van der Waals surface area (Å²) < 4.78 is 27.8. The van der Waals surface area contributed by atoms with Gasteiger partial charge in [0.25, 0.3) is 0 Å². The van der Waals surface area contributed by atoms with Gasteiger partial charge in [0.2, 0.25) is 9.84 Å². The SMILES string of the molecule is CCc1cccc(S(=O)(=O)c2cccc(CC)c2CCC(O)CC)c1CCC(O)CC. The van der Waals surface area contributed by atoms with Gasteiger partial charge in [0, 0.05) is 0 Å². The van der Waals surface area contributed by atoms with Gasteiger partial charge in [0.1, 0.15) is 0 Å². The molecule has 2 atom stereocenters. The molecule has 2 aromatic rings. The van der Waals surface area contributed by atoms with E-state index in [4.69, 9.17) is 0 Å². The van der Waals surface area contributed by atoms with Gasteiger partial charge in [-0.1, -0.05) is 52.0 Å². The van der Waals surface area contributed by atoms with Crippen LogP contribution in [-0.4, -0.2) is 30.8 Å². The quantitative estimate of drug-likeness (QED) is 0.478. The van der Waals surface area contributed by atoms with Crippen molar-refractivity contribution in [3.8, 4) is 0 Å². The summed E-state index contributed by atoms with van der Waals surface area (Å²) in [6, 6.07) is 11.0. The average Bonchev–Trinajstić information content (AvgIpc) is 2.79. The maximum Gasteiger partial charge on any atom is 0.207 e. The van der Waals surface area contributed by atoms with Crippen LogP contribution in [0.4, 0.5) is 0 Å². The minimum absolute atomic E-state index is 0.348. The molecule has 2 N–H and O–H groups in total. The molecule has 2 unspecified atom stereocenters. The molecule has 4 nitrogen and oxygen atoms in total. The molecule has 5 heteroatoms. The van der Waals surface area contributed by atoms with Crippen LogP contribution in [0.15, 0.2) is 46.2 Å². The summed E-state index contributed by atoms with van der Waals surface area (Å²) in [5.74, 6) is 0. The van der Waals surface area contributed by atoms with Crippen LogP contribution >= 0.6 is 0 Å². The largest absolute Gasteiger partial charge is 0.393 e. The smallest absolute Gasteiger partial charge is 0.207 e. The number of aliphatic hydroxyl groups excluding tert-OH is 2. The average molecular weight is 447 g/mol. The zero-order chi connectivity index (χ0) is 23.0. The molecule has 0 bridgehead atoms. The van der Waals surface area contributed by atoms with Gasteiger partial charge in [-0.15, -0.1) is 0 Å². The molecule has 0 saturated carbocycles. The maximum atomic E-state index is 13.9. The Labute approximate surface area is 188 Å². The summed E-state index contributed by atoms with van der Waals surface area (Å²) in [5.41, 5.74) is 3.66. The van der Waals surface area contributed by atoms with Gasteiger partial charge in [-0.25, -0.2) is 8.42 Å². The molecule has 0 fully saturated rings. The summed E-state index contributed by atoms with van der Waals surface area (Å²) in [4.78, 5) is 0.696. The highest BCUT2D eigenvalue weighted by Gasteiger charge is 2.26. The highest BCUT2D eigenvalue weighted by Crippen LogP contribution is 2.32. The van der Waals surface area contributed by atoms with E-state index in [2.05, 4.69) is 0 Å². The molecule has 0 aromatic heterocycles. The Kier molecular flexibility index (Phi) is 9.73. The highest BCUT2D eigenvalue weighted by atomic mass is 32.2. The molecule has 172 valence electrons. The molecule has 31 heavy (non-hydrogen) atoms. The van der Waals surface area contributed by atoms with Crippen LogP contribution in [-0.2, 0) is 35.5 Å². The van der Waals surface area contributed by atoms with Crippen molar-refractivity contribution >= 4 is 9.84 Å². The molecule has 0 amide bonds. The lowest BCUT2D eigenvalue weighted by molar-refractivity contribution is 0.160. The van der Waals surface area contributed by atoms with E-state index in [9.17, 15) is 18.6 Å². The zero-order valence-corrected chi connectivity index (χ0v) is 20.2. The van der Waals surface area contributed by atoms with E-state index in [0.29, 0.717) is 48.3 Å². The third kappa shape index (κ3) is 6.18. The number of benzene rings is 2. The van der Waals surface area contributed by atoms with Crippen molar-refractivity contribution in [3.63, 3.8) is 0 Å². The predicted octanol–water partition coefficient (Wildman–Crippen LogP) is 5.05. The van der Waals surface area contributed by atoms with Gasteiger partial charge >= 0.3 is 0 Å². The Balaban J connectivity index is 2.59. The molecule has 0 radical (unpaired) electrons. The molecular weight excluding hydrogens is 408 g/mol. The molecule has 2 rings (SSSR count). The van der Waals surface area contributed by atoms with Crippen molar-refractivity contribution in [2.45, 2.75) is 101 Å². The van der Waals surface area contributed by atoms with Gasteiger partial charge in [0.15, 0.2) is 0 Å². The number of aliphatic hydroxyl groups is 2. The Morgan fingerprint density at radius 1 is 0.710 bits per heavy atom. The molecule has 0 saturated heterocycles. The number of hydrogen-bond acceptors (Lipinski definition) is 4. The Morgan fingerprint density at radius 3 is 1.42 bits per heavy atom. The van der Waals surface area contributed by atoms with Crippen molar-refractivity contribution in [2.75, 3.05) is 0 Å². The first-order valence-electron chi connectivity index (χ1n) is 11.6. The first kappa shape index (κ1) is 25.6. The van der Waals surface area contributed by atoms with Gasteiger partial charge in [-0.05, 0) is 85.8 Å². The Hall–Kier alpha value is -1.69. The van der Waals surface area contributed by atoms with Crippen LogP contribution < -0.4 is 0 Å². The fourth-order valence-electron chi connectivity index (χ4n) is 4.10. The predicted molar refractivity (Wildman–Crippen MR) is 126 cm³/mol. The number of sulfone groups is 1. The van der Waals surface area contributed by atoms with E-state index < -0.39 is 22.0 Å². The van der Waals surface area contributed by atoms with Gasteiger partial charge in [-0.3, -0.25) is 0 Å². The van der Waals surface area contributed by atoms with E-state index in [-0.39, 0.29) is 0 Å². The third-order valence-corrected chi connectivity index (χ3v) is 8.12. The molecule has 0 heterocycles. The summed E-state index contributed by atoms with van der Waals surface area (Å²) in [6.07, 6.45) is 4.07. The van der Waals surface area contributed by atoms with E-state index in [0.717, 1.165) is 35.1 Å². The fourth-order valence-corrected chi connectivity index (χ4v) is 5.97. The second-order valence-electron chi connectivity index (χ2n) is 8.20. The second-order valence-corrected chi connectivity index (χ2v) is 10.1. The van der Waals surface area contributed by atoms with Crippen molar-refractivity contribution in [3.05, 3.63) is 58.7 Å². The molecule has 0 aliphatic carbocycles. The molecule has 0 aliphatic rings. The van der Waals surface area contributed by atoms with Crippen LogP contribution in [0.5, 0.6) is 0 Å². The Morgan fingerprint density at radius 2 is 1.10 bits per heavy atom. The summed E-state index contributed by atoms with van der Waals surface area (Å²) in [7, 11) is -3.74. The lowest BCUT2D eigenvalue weighted by Crippen LogP contribution is -2.15. The van der Waals surface area contributed by atoms with E-state index in [1.807, 2.05) is 52.0 Å². The van der Waals surface area contributed by atoms with Gasteiger partial charge in [-0.2, -0.15) is 0 Å². The number of aryl methyl sites for hydroxylation is 2. The van der Waals surface area contributed by atoms with Crippen molar-refractivity contribution in [1.82, 2.24) is 0 Å². The lowest BCUT2D eigenvalue weighted by atomic mass is 9.98. The normalized spacial score (nSPS) is 13.9. The molecular formula is C26H38O4S. The van der Waals surface area contributed by atoms with E-state index >= 15 is 0 Å². The molecule has 0 aliphatic heterocycles. The van der Waals surface area contributed by atoms with Crippen molar-refractivity contribution < 1.29 is 18.6 Å². The van der Waals surface area contributed by atoms with Crippen molar-refractivity contribution in [2.24, 2.45) is 0 Å². The van der Waals surface area contributed by atoms with Crippen LogP contribution in [0, 0.1) is 0 Å². The van der Waals surface area contributed by atoms with Gasteiger partial charge < -0.3 is 10.2 Å². The van der Waals surface area contributed by atoms with Crippen LogP contribution in [0.25, 0.3) is 0 Å². The van der Waals surface area contributed by atoms with Crippen LogP contribution in [0.2, 0.25) is 0 Å². The number of hydrogen-bond donors (Lipinski definition) is 2. The monoisotopic (exact) mass is 446 g/mol.